The van der Waals surface area contributed by atoms with Crippen molar-refractivity contribution in [2.75, 3.05) is 63.9 Å². The maximum Gasteiger partial charge on any atom is 0.339 e. The number of carbonyl (C=O) groups is 2. The lowest BCUT2D eigenvalue weighted by Gasteiger charge is -2.39. The molecule has 0 spiro atoms. The number of piperazine rings is 1. The van der Waals surface area contributed by atoms with Crippen molar-refractivity contribution in [2.24, 2.45) is 5.41 Å². The summed E-state index contributed by atoms with van der Waals surface area (Å²) < 4.78 is 43.6. The Balaban J connectivity index is 0.884. The molecule has 17 heteroatoms. The fourth-order valence-electron chi connectivity index (χ4n) is 10.4. The van der Waals surface area contributed by atoms with E-state index in [0.717, 1.165) is 113 Å². The van der Waals surface area contributed by atoms with E-state index in [0.29, 0.717) is 41.3 Å². The molecule has 1 aliphatic carbocycles. The molecule has 0 unspecified atom stereocenters. The highest BCUT2D eigenvalue weighted by Crippen LogP contribution is 2.43. The van der Waals surface area contributed by atoms with Crippen molar-refractivity contribution in [3.05, 3.63) is 112 Å². The molecule has 0 atom stereocenters. The fourth-order valence-corrected chi connectivity index (χ4v) is 11.5. The Kier molecular flexibility index (Phi) is 12.8. The van der Waals surface area contributed by atoms with Crippen LogP contribution in [0.15, 0.2) is 95.7 Å². The van der Waals surface area contributed by atoms with Crippen LogP contribution >= 0.6 is 11.6 Å². The number of piperidine rings is 1. The average molecular weight is 962 g/mol. The number of H-pyrrole nitrogens is 1. The van der Waals surface area contributed by atoms with Gasteiger partial charge < -0.3 is 24.5 Å². The van der Waals surface area contributed by atoms with E-state index in [9.17, 15) is 23.1 Å². The number of halogens is 1. The maximum absolute atomic E-state index is 14.3. The summed E-state index contributed by atoms with van der Waals surface area (Å²) in [6.45, 7) is 11.9. The molecule has 4 aliphatic rings. The van der Waals surface area contributed by atoms with Crippen LogP contribution in [0.25, 0.3) is 33.3 Å². The molecule has 3 saturated heterocycles. The second-order valence-corrected chi connectivity index (χ2v) is 21.5. The fraction of sp³-hybridized carbons (Fsp3) is 0.412. The van der Waals surface area contributed by atoms with Gasteiger partial charge in [-0.1, -0.05) is 43.2 Å². The monoisotopic (exact) mass is 960 g/mol. The third-order valence-electron chi connectivity index (χ3n) is 14.2. The van der Waals surface area contributed by atoms with Gasteiger partial charge in [0.25, 0.3) is 15.9 Å². The number of nitrogens with zero attached hydrogens (tertiary/aromatic N) is 6. The summed E-state index contributed by atoms with van der Waals surface area (Å²) in [5.41, 5.74) is 7.24. The summed E-state index contributed by atoms with van der Waals surface area (Å²) >= 11 is 6.27. The molecule has 6 aromatic rings. The van der Waals surface area contributed by atoms with Crippen molar-refractivity contribution in [1.82, 2.24) is 34.3 Å². The van der Waals surface area contributed by atoms with E-state index in [2.05, 4.69) is 55.5 Å². The molecule has 0 radical (unpaired) electrons. The van der Waals surface area contributed by atoms with Crippen molar-refractivity contribution in [3.63, 3.8) is 0 Å². The van der Waals surface area contributed by atoms with E-state index in [1.165, 1.54) is 28.8 Å². The van der Waals surface area contributed by atoms with E-state index in [1.807, 2.05) is 36.4 Å². The molecule has 3 aromatic heterocycles. The SMILES string of the molecule is CC1(C)CCC(CN2CCN(c3ccc(C(=O)NS(=O)(=O)c4ccc(OC5CCN(C6CCOCC6)CC5)c(C(=O)O)c4)c(-n4ncc5nc6[nH]ccc6cc54)c3)CC2)=C(c2ccc(Cl)cc2)C1. The number of rotatable bonds is 12. The number of hydrogen-bond acceptors (Lipinski definition) is 11. The quantitative estimate of drug-likeness (QED) is 0.108. The predicted molar refractivity (Wildman–Crippen MR) is 262 cm³/mol. The zero-order valence-electron chi connectivity index (χ0n) is 38.4. The number of nitrogens with one attached hydrogen (secondary N) is 2. The van der Waals surface area contributed by atoms with Crippen molar-refractivity contribution >= 4 is 66.8 Å². The van der Waals surface area contributed by atoms with Gasteiger partial charge in [-0.25, -0.2) is 27.6 Å². The first-order valence-electron chi connectivity index (χ1n) is 23.6. The Labute approximate surface area is 401 Å². The van der Waals surface area contributed by atoms with Gasteiger partial charge in [0, 0.05) is 87.4 Å². The number of fused-ring (bicyclic) bond motifs is 2. The number of likely N-dealkylation sites (tertiary alicyclic amines) is 1. The number of aromatic carboxylic acids is 1. The van der Waals surface area contributed by atoms with Gasteiger partial charge in [0.15, 0.2) is 0 Å². The van der Waals surface area contributed by atoms with Crippen LogP contribution in [-0.2, 0) is 14.8 Å². The highest BCUT2D eigenvalue weighted by molar-refractivity contribution is 7.90. The molecule has 1 amide bonds. The summed E-state index contributed by atoms with van der Waals surface area (Å²) in [7, 11) is -4.57. The van der Waals surface area contributed by atoms with E-state index >= 15 is 0 Å². The van der Waals surface area contributed by atoms with E-state index < -0.39 is 21.9 Å². The van der Waals surface area contributed by atoms with Gasteiger partial charge in [0.1, 0.15) is 28.6 Å². The summed E-state index contributed by atoms with van der Waals surface area (Å²) in [4.78, 5) is 41.6. The smallest absolute Gasteiger partial charge is 0.339 e. The highest BCUT2D eigenvalue weighted by atomic mass is 35.5. The number of benzene rings is 3. The molecule has 3 aromatic carbocycles. The minimum absolute atomic E-state index is 0.0579. The third kappa shape index (κ3) is 9.74. The normalized spacial score (nSPS) is 19.2. The molecule has 3 fully saturated rings. The van der Waals surface area contributed by atoms with Gasteiger partial charge in [-0.05, 0) is 122 Å². The van der Waals surface area contributed by atoms with Crippen LogP contribution in [0.2, 0.25) is 5.02 Å². The minimum Gasteiger partial charge on any atom is -0.489 e. The number of hydrogen-bond donors (Lipinski definition) is 3. The zero-order valence-corrected chi connectivity index (χ0v) is 40.0. The number of carboxylic acid groups (broad SMARTS) is 1. The van der Waals surface area contributed by atoms with Crippen molar-refractivity contribution in [1.29, 1.82) is 0 Å². The number of aromatic nitrogens is 4. The zero-order chi connectivity index (χ0) is 47.2. The van der Waals surface area contributed by atoms with Crippen molar-refractivity contribution in [2.45, 2.75) is 75.8 Å². The van der Waals surface area contributed by atoms with Crippen LogP contribution in [0.1, 0.15) is 85.1 Å². The summed E-state index contributed by atoms with van der Waals surface area (Å²) in [6, 6.07) is 21.5. The Morgan fingerprint density at radius 1 is 0.926 bits per heavy atom. The maximum atomic E-state index is 14.3. The van der Waals surface area contributed by atoms with Crippen LogP contribution in [0, 0.1) is 5.41 Å². The van der Waals surface area contributed by atoms with E-state index in [1.54, 1.807) is 23.1 Å². The second-order valence-electron chi connectivity index (χ2n) is 19.4. The molecule has 15 nitrogen and oxygen atoms in total. The number of amides is 1. The molecular weight excluding hydrogens is 904 g/mol. The van der Waals surface area contributed by atoms with Gasteiger partial charge >= 0.3 is 5.97 Å². The van der Waals surface area contributed by atoms with Crippen molar-refractivity contribution < 1.29 is 32.6 Å². The number of ether oxygens (including phenoxy) is 2. The van der Waals surface area contributed by atoms with Crippen LogP contribution in [0.3, 0.4) is 0 Å². The standard InChI is InChI=1S/C51H57ClN8O7S/c1-51(2)17-11-35(43(30-51)33-3-5-36(52)6-4-33)32-57-21-23-59(24-22-57)38-7-9-41(45(28-38)60-46-27-34-12-18-53-48(34)55-44(46)31-54-60)49(61)56-68(64,65)40-8-10-47(42(29-40)50(62)63)67-39-13-19-58(20-14-39)37-15-25-66-26-16-37/h3-10,12,18,27-29,31,37,39H,11,13-17,19-26,30,32H2,1-2H3,(H,53,55)(H,56,61)(H,62,63). The summed E-state index contributed by atoms with van der Waals surface area (Å²) in [6.07, 6.45) is 9.81. The second kappa shape index (κ2) is 19.0. The van der Waals surface area contributed by atoms with Gasteiger partial charge in [-0.3, -0.25) is 14.6 Å². The number of allylic oxidation sites excluding steroid dienone is 1. The van der Waals surface area contributed by atoms with Gasteiger partial charge in [-0.15, -0.1) is 0 Å². The number of sulfonamides is 1. The number of carbonyl (C=O) groups excluding carboxylic acids is 1. The molecule has 3 aliphatic heterocycles. The average Bonchev–Trinajstić information content (AvgIpc) is 3.98. The first-order valence-corrected chi connectivity index (χ1v) is 25.5. The molecule has 356 valence electrons. The minimum atomic E-state index is -4.57. The van der Waals surface area contributed by atoms with Crippen LogP contribution < -0.4 is 14.4 Å². The van der Waals surface area contributed by atoms with Gasteiger partial charge in [0.2, 0.25) is 0 Å². The number of aromatic amines is 1. The Hall–Kier alpha value is -5.78. The molecular formula is C51H57ClN8O7S. The van der Waals surface area contributed by atoms with Crippen LogP contribution in [0.5, 0.6) is 5.75 Å². The Morgan fingerprint density at radius 3 is 2.44 bits per heavy atom. The van der Waals surface area contributed by atoms with Gasteiger partial charge in [-0.2, -0.15) is 5.10 Å². The molecule has 6 heterocycles. The van der Waals surface area contributed by atoms with Gasteiger partial charge in [0.05, 0.1) is 27.9 Å². The first kappa shape index (κ1) is 46.0. The van der Waals surface area contributed by atoms with E-state index in [4.69, 9.17) is 26.1 Å². The summed E-state index contributed by atoms with van der Waals surface area (Å²) in [5, 5.41) is 16.5. The van der Waals surface area contributed by atoms with Crippen molar-refractivity contribution in [3.8, 4) is 11.4 Å². The van der Waals surface area contributed by atoms with E-state index in [-0.39, 0.29) is 33.3 Å². The summed E-state index contributed by atoms with van der Waals surface area (Å²) in [5.74, 6) is -2.15. The number of carboxylic acids is 1. The lowest BCUT2D eigenvalue weighted by Crippen LogP contribution is -2.47. The topological polar surface area (TPSA) is 175 Å². The number of anilines is 1. The van der Waals surface area contributed by atoms with Crippen LogP contribution in [0.4, 0.5) is 5.69 Å². The Morgan fingerprint density at radius 2 is 1.69 bits per heavy atom. The Bertz CT molecular complexity index is 3000. The van der Waals surface area contributed by atoms with Crippen LogP contribution in [-0.4, -0.2) is 126 Å². The molecule has 10 rings (SSSR count). The molecule has 68 heavy (non-hydrogen) atoms. The first-order chi connectivity index (χ1) is 32.8. The largest absolute Gasteiger partial charge is 0.489 e. The molecule has 3 N–H and O–H groups in total. The molecule has 0 bridgehead atoms. The molecule has 0 saturated carbocycles. The predicted octanol–water partition coefficient (Wildman–Crippen LogP) is 8.18. The highest BCUT2D eigenvalue weighted by Gasteiger charge is 2.32. The lowest BCUT2D eigenvalue weighted by molar-refractivity contribution is 0.00992. The third-order valence-corrected chi connectivity index (χ3v) is 15.8. The lowest BCUT2D eigenvalue weighted by atomic mass is 9.72. The number of pyridine rings is 1.